The van der Waals surface area contributed by atoms with Gasteiger partial charge in [-0.3, -0.25) is 0 Å². The number of fused-ring (bicyclic) bond motifs is 7. The summed E-state index contributed by atoms with van der Waals surface area (Å²) in [4.78, 5) is 9.82. The standard InChI is InChI=1S/C34H23IN2/c1-2-10-25-19-23-13-6-8-15-28(23)34(25)29-16-9-7-14-26(29)27-20-24(17-18-30(27)34)33-36-31(21-32(35)37-33)22-11-4-3-5-12-22/h2-21H,1H3/b10-2-. The maximum atomic E-state index is 4.99. The largest absolute Gasteiger partial charge is 0.228 e. The Labute approximate surface area is 230 Å². The number of halogens is 1. The molecule has 0 radical (unpaired) electrons. The van der Waals surface area contributed by atoms with E-state index in [4.69, 9.17) is 9.97 Å². The van der Waals surface area contributed by atoms with Gasteiger partial charge in [0.1, 0.15) is 3.70 Å². The van der Waals surface area contributed by atoms with Gasteiger partial charge in [0.2, 0.25) is 0 Å². The van der Waals surface area contributed by atoms with Crippen molar-refractivity contribution >= 4 is 28.7 Å². The molecule has 4 aromatic carbocycles. The zero-order chi connectivity index (χ0) is 25.0. The maximum absolute atomic E-state index is 4.99. The van der Waals surface area contributed by atoms with Crippen molar-refractivity contribution in [2.24, 2.45) is 0 Å². The third-order valence-corrected chi connectivity index (χ3v) is 8.08. The van der Waals surface area contributed by atoms with E-state index in [1.807, 2.05) is 24.3 Å². The molecule has 3 heteroatoms. The van der Waals surface area contributed by atoms with Crippen LogP contribution in [-0.2, 0) is 5.41 Å². The molecule has 0 saturated carbocycles. The van der Waals surface area contributed by atoms with Gasteiger partial charge in [0.15, 0.2) is 5.82 Å². The molecule has 176 valence electrons. The van der Waals surface area contributed by atoms with E-state index in [-0.39, 0.29) is 5.41 Å². The summed E-state index contributed by atoms with van der Waals surface area (Å²) in [5.41, 5.74) is 11.9. The summed E-state index contributed by atoms with van der Waals surface area (Å²) in [7, 11) is 0. The first-order valence-corrected chi connectivity index (χ1v) is 13.6. The Morgan fingerprint density at radius 2 is 1.41 bits per heavy atom. The molecule has 5 aromatic rings. The molecule has 0 amide bonds. The minimum absolute atomic E-state index is 0.311. The third kappa shape index (κ3) is 3.30. The molecule has 2 nitrogen and oxygen atoms in total. The lowest BCUT2D eigenvalue weighted by Crippen LogP contribution is -2.26. The highest BCUT2D eigenvalue weighted by Crippen LogP contribution is 2.60. The molecule has 0 aliphatic heterocycles. The molecule has 0 fully saturated rings. The lowest BCUT2D eigenvalue weighted by Gasteiger charge is -2.31. The molecule has 1 unspecified atom stereocenters. The summed E-state index contributed by atoms with van der Waals surface area (Å²) in [6.07, 6.45) is 6.78. The second kappa shape index (κ2) is 8.63. The monoisotopic (exact) mass is 586 g/mol. The van der Waals surface area contributed by atoms with Crippen molar-refractivity contribution in [3.63, 3.8) is 0 Å². The van der Waals surface area contributed by atoms with Crippen LogP contribution in [0, 0.1) is 3.70 Å². The number of aromatic nitrogens is 2. The fourth-order valence-electron chi connectivity index (χ4n) is 6.08. The van der Waals surface area contributed by atoms with Gasteiger partial charge >= 0.3 is 0 Å². The van der Waals surface area contributed by atoms with Gasteiger partial charge in [0.05, 0.1) is 11.1 Å². The minimum Gasteiger partial charge on any atom is -0.228 e. The Bertz CT molecular complexity index is 1750. The second-order valence-corrected chi connectivity index (χ2v) is 10.6. The van der Waals surface area contributed by atoms with Gasteiger partial charge in [-0.25, -0.2) is 9.97 Å². The number of benzene rings is 4. The highest BCUT2D eigenvalue weighted by Gasteiger charge is 2.49. The number of hydrogen-bond acceptors (Lipinski definition) is 2. The zero-order valence-corrected chi connectivity index (χ0v) is 22.5. The molecule has 0 N–H and O–H groups in total. The Hall–Kier alpha value is -3.83. The van der Waals surface area contributed by atoms with E-state index in [0.717, 1.165) is 26.3 Å². The first-order valence-electron chi connectivity index (χ1n) is 12.5. The molecular formula is C34H23IN2. The molecule has 1 spiro atoms. The molecular weight excluding hydrogens is 563 g/mol. The van der Waals surface area contributed by atoms with Crippen molar-refractivity contribution in [3.05, 3.63) is 147 Å². The summed E-state index contributed by atoms with van der Waals surface area (Å²) in [5, 5.41) is 0. The van der Waals surface area contributed by atoms with Crippen molar-refractivity contribution in [2.75, 3.05) is 0 Å². The van der Waals surface area contributed by atoms with Gasteiger partial charge in [0.25, 0.3) is 0 Å². The normalized spacial score (nSPS) is 17.1. The molecule has 2 aliphatic rings. The molecule has 0 saturated heterocycles. The second-order valence-electron chi connectivity index (χ2n) is 9.51. The zero-order valence-electron chi connectivity index (χ0n) is 20.3. The van der Waals surface area contributed by atoms with Crippen molar-refractivity contribution in [2.45, 2.75) is 12.3 Å². The predicted octanol–water partition coefficient (Wildman–Crippen LogP) is 8.70. The number of hydrogen-bond donors (Lipinski definition) is 0. The quantitative estimate of drug-likeness (QED) is 0.156. The van der Waals surface area contributed by atoms with Gasteiger partial charge in [-0.2, -0.15) is 0 Å². The van der Waals surface area contributed by atoms with Crippen LogP contribution in [0.2, 0.25) is 0 Å². The lowest BCUT2D eigenvalue weighted by molar-refractivity contribution is 0.786. The van der Waals surface area contributed by atoms with Crippen LogP contribution < -0.4 is 0 Å². The Morgan fingerprint density at radius 1 is 0.676 bits per heavy atom. The molecule has 1 heterocycles. The Balaban J connectivity index is 1.47. The van der Waals surface area contributed by atoms with Crippen LogP contribution in [0.3, 0.4) is 0 Å². The van der Waals surface area contributed by atoms with Gasteiger partial charge in [-0.1, -0.05) is 103 Å². The highest BCUT2D eigenvalue weighted by atomic mass is 127. The fourth-order valence-corrected chi connectivity index (χ4v) is 6.60. The molecule has 2 aliphatic carbocycles. The van der Waals surface area contributed by atoms with Crippen molar-refractivity contribution < 1.29 is 0 Å². The number of rotatable bonds is 3. The first kappa shape index (κ1) is 22.4. The van der Waals surface area contributed by atoms with E-state index in [9.17, 15) is 0 Å². The summed E-state index contributed by atoms with van der Waals surface area (Å²) in [6, 6.07) is 36.8. The van der Waals surface area contributed by atoms with Gasteiger partial charge in [-0.05, 0) is 86.7 Å². The van der Waals surface area contributed by atoms with Crippen molar-refractivity contribution in [3.8, 4) is 33.8 Å². The summed E-state index contributed by atoms with van der Waals surface area (Å²) in [5.74, 6) is 0.753. The summed E-state index contributed by atoms with van der Waals surface area (Å²) < 4.78 is 0.932. The van der Waals surface area contributed by atoms with E-state index >= 15 is 0 Å². The van der Waals surface area contributed by atoms with Crippen LogP contribution in [-0.4, -0.2) is 9.97 Å². The SMILES string of the molecule is C/C=C\C1=Cc2ccccc2C12c1ccccc1-c1cc(-c3nc(I)cc(-c4ccccc4)n3)ccc12. The van der Waals surface area contributed by atoms with Crippen molar-refractivity contribution in [1.29, 1.82) is 0 Å². The van der Waals surface area contributed by atoms with E-state index in [1.165, 1.54) is 39.0 Å². The molecule has 1 aromatic heterocycles. The lowest BCUT2D eigenvalue weighted by atomic mass is 9.69. The topological polar surface area (TPSA) is 25.8 Å². The number of allylic oxidation sites excluding steroid dienone is 3. The van der Waals surface area contributed by atoms with Crippen LogP contribution in [0.4, 0.5) is 0 Å². The fraction of sp³-hybridized carbons (Fsp3) is 0.0588. The minimum atomic E-state index is -0.311. The van der Waals surface area contributed by atoms with Crippen LogP contribution in [0.25, 0.3) is 39.8 Å². The van der Waals surface area contributed by atoms with Crippen LogP contribution in [0.15, 0.2) is 121 Å². The van der Waals surface area contributed by atoms with Crippen molar-refractivity contribution in [1.82, 2.24) is 9.97 Å². The molecule has 1 atom stereocenters. The smallest absolute Gasteiger partial charge is 0.160 e. The average molecular weight is 586 g/mol. The first-order chi connectivity index (χ1) is 18.2. The van der Waals surface area contributed by atoms with E-state index in [2.05, 4.69) is 127 Å². The molecule has 7 rings (SSSR count). The Kier molecular flexibility index (Phi) is 5.22. The van der Waals surface area contributed by atoms with E-state index in [0.29, 0.717) is 0 Å². The van der Waals surface area contributed by atoms with Gasteiger partial charge in [0, 0.05) is 11.1 Å². The molecule has 0 bridgehead atoms. The van der Waals surface area contributed by atoms with Crippen LogP contribution >= 0.6 is 22.6 Å². The Morgan fingerprint density at radius 3 is 2.24 bits per heavy atom. The molecule has 37 heavy (non-hydrogen) atoms. The van der Waals surface area contributed by atoms with Crippen LogP contribution in [0.5, 0.6) is 0 Å². The highest BCUT2D eigenvalue weighted by molar-refractivity contribution is 14.1. The van der Waals surface area contributed by atoms with E-state index < -0.39 is 0 Å². The van der Waals surface area contributed by atoms with E-state index in [1.54, 1.807) is 0 Å². The van der Waals surface area contributed by atoms with Gasteiger partial charge < -0.3 is 0 Å². The van der Waals surface area contributed by atoms with Gasteiger partial charge in [-0.15, -0.1) is 0 Å². The third-order valence-electron chi connectivity index (χ3n) is 7.52. The summed E-state index contributed by atoms with van der Waals surface area (Å²) >= 11 is 2.29. The van der Waals surface area contributed by atoms with Crippen LogP contribution in [0.1, 0.15) is 29.2 Å². The predicted molar refractivity (Wildman–Crippen MR) is 160 cm³/mol. The number of nitrogens with zero attached hydrogens (tertiary/aromatic N) is 2. The summed E-state index contributed by atoms with van der Waals surface area (Å²) in [6.45, 7) is 2.10. The maximum Gasteiger partial charge on any atom is 0.160 e. The average Bonchev–Trinajstić information content (AvgIpc) is 3.42.